The number of hydrogen-bond donors (Lipinski definition) is 2. The highest BCUT2D eigenvalue weighted by molar-refractivity contribution is 4.81. The summed E-state index contributed by atoms with van der Waals surface area (Å²) in [5, 5.41) is 13.2. The summed E-state index contributed by atoms with van der Waals surface area (Å²) >= 11 is 0. The Bertz CT molecular complexity index is 157. The molecule has 2 aliphatic rings. The van der Waals surface area contributed by atoms with Crippen molar-refractivity contribution in [1.29, 1.82) is 0 Å². The fourth-order valence-electron chi connectivity index (χ4n) is 2.50. The zero-order chi connectivity index (χ0) is 9.10. The molecule has 2 rings (SSSR count). The Morgan fingerprint density at radius 2 is 1.85 bits per heavy atom. The van der Waals surface area contributed by atoms with E-state index < -0.39 is 0 Å². The predicted octanol–water partition coefficient (Wildman–Crippen LogP) is 0.543. The summed E-state index contributed by atoms with van der Waals surface area (Å²) in [6.07, 6.45) is 5.69. The van der Waals surface area contributed by atoms with Gasteiger partial charge in [-0.25, -0.2) is 0 Å². The fraction of sp³-hybridized carbons (Fsp3) is 1.00. The van der Waals surface area contributed by atoms with Gasteiger partial charge >= 0.3 is 0 Å². The summed E-state index contributed by atoms with van der Waals surface area (Å²) in [6, 6.07) is 0.636. The molecule has 0 aromatic carbocycles. The van der Waals surface area contributed by atoms with Gasteiger partial charge in [-0.1, -0.05) is 0 Å². The van der Waals surface area contributed by atoms with Crippen molar-refractivity contribution in [3.63, 3.8) is 0 Å². The number of piperidine rings is 2. The van der Waals surface area contributed by atoms with E-state index in [1.54, 1.807) is 0 Å². The molecule has 2 N–H and O–H groups in total. The first-order valence-corrected chi connectivity index (χ1v) is 5.52. The van der Waals surface area contributed by atoms with E-state index in [0.717, 1.165) is 26.1 Å². The van der Waals surface area contributed by atoms with Gasteiger partial charge in [-0.05, 0) is 45.2 Å². The lowest BCUT2D eigenvalue weighted by atomic mass is 10.0. The van der Waals surface area contributed by atoms with Gasteiger partial charge in [0.2, 0.25) is 0 Å². The molecule has 0 aromatic rings. The van der Waals surface area contributed by atoms with Crippen LogP contribution >= 0.6 is 0 Å². The van der Waals surface area contributed by atoms with Crippen molar-refractivity contribution in [3.8, 4) is 0 Å². The minimum atomic E-state index is -0.156. The molecule has 76 valence electrons. The molecule has 2 saturated heterocycles. The first-order chi connectivity index (χ1) is 6.38. The number of nitrogens with zero attached hydrogens (tertiary/aromatic N) is 1. The molecule has 0 saturated carbocycles. The van der Waals surface area contributed by atoms with Crippen molar-refractivity contribution < 1.29 is 5.11 Å². The van der Waals surface area contributed by atoms with E-state index >= 15 is 0 Å². The summed E-state index contributed by atoms with van der Waals surface area (Å²) in [7, 11) is 0. The zero-order valence-electron chi connectivity index (χ0n) is 8.21. The third-order valence-corrected chi connectivity index (χ3v) is 3.29. The van der Waals surface area contributed by atoms with Crippen LogP contribution in [0.15, 0.2) is 0 Å². The van der Waals surface area contributed by atoms with Crippen molar-refractivity contribution >= 4 is 0 Å². The van der Waals surface area contributed by atoms with Crippen LogP contribution in [0.2, 0.25) is 0 Å². The van der Waals surface area contributed by atoms with Gasteiger partial charge < -0.3 is 10.4 Å². The molecule has 0 spiro atoms. The molecule has 0 radical (unpaired) electrons. The van der Waals surface area contributed by atoms with E-state index in [1.165, 1.54) is 25.7 Å². The van der Waals surface area contributed by atoms with E-state index in [-0.39, 0.29) is 6.23 Å². The normalized spacial score (nSPS) is 33.5. The lowest BCUT2D eigenvalue weighted by molar-refractivity contribution is -0.0563. The molecule has 1 atom stereocenters. The van der Waals surface area contributed by atoms with Gasteiger partial charge in [0.15, 0.2) is 0 Å². The van der Waals surface area contributed by atoms with Crippen LogP contribution in [0.4, 0.5) is 0 Å². The molecule has 2 fully saturated rings. The van der Waals surface area contributed by atoms with Crippen LogP contribution in [-0.2, 0) is 0 Å². The Labute approximate surface area is 80.1 Å². The second kappa shape index (κ2) is 4.40. The summed E-state index contributed by atoms with van der Waals surface area (Å²) in [6.45, 7) is 3.34. The van der Waals surface area contributed by atoms with E-state index in [2.05, 4.69) is 10.2 Å². The summed E-state index contributed by atoms with van der Waals surface area (Å²) < 4.78 is 0. The van der Waals surface area contributed by atoms with Crippen LogP contribution in [-0.4, -0.2) is 41.9 Å². The number of rotatable bonds is 1. The Morgan fingerprint density at radius 3 is 2.54 bits per heavy atom. The van der Waals surface area contributed by atoms with Crippen molar-refractivity contribution in [3.05, 3.63) is 0 Å². The molecule has 1 unspecified atom stereocenters. The van der Waals surface area contributed by atoms with E-state index in [0.29, 0.717) is 6.04 Å². The summed E-state index contributed by atoms with van der Waals surface area (Å²) in [5.41, 5.74) is 0. The highest BCUT2D eigenvalue weighted by Crippen LogP contribution is 2.21. The standard InChI is InChI=1S/C10H20N2O/c13-10-3-1-2-8-12(10)9-4-6-11-7-5-9/h9-11,13H,1-8H2. The van der Waals surface area contributed by atoms with Gasteiger partial charge in [-0.2, -0.15) is 0 Å². The van der Waals surface area contributed by atoms with Gasteiger partial charge in [0.25, 0.3) is 0 Å². The second-order valence-corrected chi connectivity index (χ2v) is 4.20. The first-order valence-electron chi connectivity index (χ1n) is 5.52. The maximum atomic E-state index is 9.83. The largest absolute Gasteiger partial charge is 0.378 e. The highest BCUT2D eigenvalue weighted by Gasteiger charge is 2.27. The number of likely N-dealkylation sites (tertiary alicyclic amines) is 1. The first kappa shape index (κ1) is 9.44. The summed E-state index contributed by atoms with van der Waals surface area (Å²) in [5.74, 6) is 0. The number of aliphatic hydroxyl groups is 1. The molecule has 2 heterocycles. The minimum Gasteiger partial charge on any atom is -0.378 e. The lowest BCUT2D eigenvalue weighted by Gasteiger charge is -2.40. The maximum Gasteiger partial charge on any atom is 0.107 e. The van der Waals surface area contributed by atoms with Gasteiger partial charge in [0.1, 0.15) is 6.23 Å². The average Bonchev–Trinajstić information content (AvgIpc) is 2.20. The Balaban J connectivity index is 1.88. The van der Waals surface area contributed by atoms with Gasteiger partial charge in [-0.3, -0.25) is 4.90 Å². The third kappa shape index (κ3) is 2.22. The number of nitrogens with one attached hydrogen (secondary N) is 1. The number of hydrogen-bond acceptors (Lipinski definition) is 3. The molecule has 0 bridgehead atoms. The predicted molar refractivity (Wildman–Crippen MR) is 52.5 cm³/mol. The van der Waals surface area contributed by atoms with Crippen LogP contribution in [0, 0.1) is 0 Å². The highest BCUT2D eigenvalue weighted by atomic mass is 16.3. The van der Waals surface area contributed by atoms with Gasteiger partial charge in [0.05, 0.1) is 0 Å². The quantitative estimate of drug-likeness (QED) is 0.624. The molecule has 3 heteroatoms. The Morgan fingerprint density at radius 1 is 1.08 bits per heavy atom. The van der Waals surface area contributed by atoms with Crippen molar-refractivity contribution in [1.82, 2.24) is 10.2 Å². The van der Waals surface area contributed by atoms with Crippen LogP contribution in [0.1, 0.15) is 32.1 Å². The molecule has 3 nitrogen and oxygen atoms in total. The Kier molecular flexibility index (Phi) is 3.19. The van der Waals surface area contributed by atoms with Gasteiger partial charge in [0, 0.05) is 12.6 Å². The van der Waals surface area contributed by atoms with Crippen LogP contribution < -0.4 is 5.32 Å². The van der Waals surface area contributed by atoms with Crippen LogP contribution in [0.3, 0.4) is 0 Å². The van der Waals surface area contributed by atoms with Crippen molar-refractivity contribution in [2.45, 2.75) is 44.4 Å². The third-order valence-electron chi connectivity index (χ3n) is 3.29. The van der Waals surface area contributed by atoms with E-state index in [1.807, 2.05) is 0 Å². The van der Waals surface area contributed by atoms with Crippen LogP contribution in [0.25, 0.3) is 0 Å². The molecule has 0 aliphatic carbocycles. The molecule has 2 aliphatic heterocycles. The van der Waals surface area contributed by atoms with Gasteiger partial charge in [-0.15, -0.1) is 0 Å². The van der Waals surface area contributed by atoms with E-state index in [9.17, 15) is 5.11 Å². The molecular weight excluding hydrogens is 164 g/mol. The monoisotopic (exact) mass is 184 g/mol. The molecule has 0 amide bonds. The van der Waals surface area contributed by atoms with Crippen LogP contribution in [0.5, 0.6) is 0 Å². The second-order valence-electron chi connectivity index (χ2n) is 4.20. The molecule has 0 aromatic heterocycles. The number of aliphatic hydroxyl groups excluding tert-OH is 1. The topological polar surface area (TPSA) is 35.5 Å². The SMILES string of the molecule is OC1CCCCN1C1CCNCC1. The maximum absolute atomic E-state index is 9.83. The molecular formula is C10H20N2O. The Hall–Kier alpha value is -0.120. The smallest absolute Gasteiger partial charge is 0.107 e. The van der Waals surface area contributed by atoms with E-state index in [4.69, 9.17) is 0 Å². The van der Waals surface area contributed by atoms with Crippen molar-refractivity contribution in [2.24, 2.45) is 0 Å². The fourth-order valence-corrected chi connectivity index (χ4v) is 2.50. The van der Waals surface area contributed by atoms with Crippen molar-refractivity contribution in [2.75, 3.05) is 19.6 Å². The molecule has 13 heavy (non-hydrogen) atoms. The summed E-state index contributed by atoms with van der Waals surface area (Å²) in [4.78, 5) is 2.31. The minimum absolute atomic E-state index is 0.156. The lowest BCUT2D eigenvalue weighted by Crippen LogP contribution is -2.50. The zero-order valence-corrected chi connectivity index (χ0v) is 8.21. The average molecular weight is 184 g/mol.